The van der Waals surface area contributed by atoms with Crippen LogP contribution in [0.4, 0.5) is 18.9 Å². The van der Waals surface area contributed by atoms with Gasteiger partial charge in [0.05, 0.1) is 22.1 Å². The number of carboxylic acid groups (broad SMARTS) is 1. The van der Waals surface area contributed by atoms with E-state index in [0.29, 0.717) is 32.0 Å². The molecule has 0 saturated carbocycles. The van der Waals surface area contributed by atoms with E-state index in [1.807, 2.05) is 4.90 Å². The van der Waals surface area contributed by atoms with E-state index >= 15 is 0 Å². The number of aliphatic carboxylic acids is 1. The summed E-state index contributed by atoms with van der Waals surface area (Å²) in [5.41, 5.74) is -1.52. The fourth-order valence-corrected chi connectivity index (χ4v) is 5.58. The molecule has 2 aromatic rings. The Bertz CT molecular complexity index is 1220. The van der Waals surface area contributed by atoms with E-state index in [-0.39, 0.29) is 23.3 Å². The predicted molar refractivity (Wildman–Crippen MR) is 128 cm³/mol. The Balaban J connectivity index is 1.85. The minimum Gasteiger partial charge on any atom is -0.493 e. The molecule has 36 heavy (non-hydrogen) atoms. The van der Waals surface area contributed by atoms with Gasteiger partial charge in [-0.2, -0.15) is 18.3 Å². The first-order valence-corrected chi connectivity index (χ1v) is 12.6. The lowest BCUT2D eigenvalue weighted by Gasteiger charge is -2.30. The molecule has 0 aliphatic carbocycles. The lowest BCUT2D eigenvalue weighted by molar-refractivity contribution is -0.137. The van der Waals surface area contributed by atoms with Gasteiger partial charge >= 0.3 is 12.1 Å². The molecule has 4 N–H and O–H groups in total. The van der Waals surface area contributed by atoms with Crippen LogP contribution in [0.2, 0.25) is 5.02 Å². The van der Waals surface area contributed by atoms with Gasteiger partial charge in [-0.25, -0.2) is 13.2 Å². The second kappa shape index (κ2) is 11.2. The molecule has 1 heterocycles. The molecule has 1 unspecified atom stereocenters. The van der Waals surface area contributed by atoms with Gasteiger partial charge in [0.2, 0.25) is 15.2 Å². The van der Waals surface area contributed by atoms with Crippen LogP contribution in [0.3, 0.4) is 0 Å². The summed E-state index contributed by atoms with van der Waals surface area (Å²) in [4.78, 5) is 13.3. The van der Waals surface area contributed by atoms with Crippen molar-refractivity contribution in [2.45, 2.75) is 29.3 Å². The smallest absolute Gasteiger partial charge is 0.416 e. The maximum Gasteiger partial charge on any atom is 0.416 e. The number of nitrogens with two attached hydrogens (primary N) is 1. The number of carbonyl (C=O) groups is 1. The van der Waals surface area contributed by atoms with Gasteiger partial charge in [0.15, 0.2) is 0 Å². The van der Waals surface area contributed by atoms with E-state index in [1.165, 1.54) is 24.5 Å². The van der Waals surface area contributed by atoms with Crippen molar-refractivity contribution in [3.05, 3.63) is 53.1 Å². The molecule has 0 spiro atoms. The molecule has 2 aromatic carbocycles. The molecule has 0 radical (unpaired) electrons. The number of sulfone groups is 1. The summed E-state index contributed by atoms with van der Waals surface area (Å²) in [5.74, 6) is 3.20. The van der Waals surface area contributed by atoms with Crippen molar-refractivity contribution >= 4 is 39.4 Å². The van der Waals surface area contributed by atoms with Gasteiger partial charge in [-0.1, -0.05) is 23.7 Å². The molecule has 1 atom stereocenters. The molecule has 1 aliphatic rings. The number of piperidine rings is 1. The zero-order valence-electron chi connectivity index (χ0n) is 18.8. The monoisotopic (exact) mass is 548 g/mol. The van der Waals surface area contributed by atoms with E-state index in [9.17, 15) is 31.5 Å². The largest absolute Gasteiger partial charge is 0.493 e. The molecule has 0 amide bonds. The van der Waals surface area contributed by atoms with Crippen LogP contribution in [0.1, 0.15) is 18.4 Å². The Morgan fingerprint density at radius 3 is 2.53 bits per heavy atom. The normalized spacial score (nSPS) is 16.2. The minimum atomic E-state index is -4.79. The number of hydrogen-bond donors (Lipinski definition) is 3. The van der Waals surface area contributed by atoms with Crippen LogP contribution in [0.15, 0.2) is 52.5 Å². The highest BCUT2D eigenvalue weighted by atomic mass is 35.5. The summed E-state index contributed by atoms with van der Waals surface area (Å²) in [7, 11) is -4.62. The first kappa shape index (κ1) is 27.4. The summed E-state index contributed by atoms with van der Waals surface area (Å²) >= 11 is 5.93. The van der Waals surface area contributed by atoms with Crippen molar-refractivity contribution in [1.29, 1.82) is 0 Å². The highest BCUT2D eigenvalue weighted by Gasteiger charge is 2.37. The quantitative estimate of drug-likeness (QED) is 0.187. The van der Waals surface area contributed by atoms with Gasteiger partial charge in [-0.3, -0.25) is 0 Å². The van der Waals surface area contributed by atoms with Gasteiger partial charge in [0.25, 0.3) is 0 Å². The zero-order chi connectivity index (χ0) is 26.5. The topological polar surface area (TPSA) is 134 Å². The van der Waals surface area contributed by atoms with Crippen molar-refractivity contribution in [3.8, 4) is 5.75 Å². The maximum atomic E-state index is 13.5. The third-order valence-corrected chi connectivity index (χ3v) is 7.92. The molecule has 1 saturated heterocycles. The Morgan fingerprint density at radius 2 is 1.94 bits per heavy atom. The first-order valence-electron chi connectivity index (χ1n) is 10.7. The number of rotatable bonds is 9. The Labute approximate surface area is 210 Å². The SMILES string of the molecule is NN=CN1CCC(COc2cc(NC(C(=O)O)S(=O)(=O)c3ccccc3Cl)cc(C(F)(F)F)c2)CC1. The number of benzene rings is 2. The van der Waals surface area contributed by atoms with Crippen LogP contribution in [0.5, 0.6) is 5.75 Å². The van der Waals surface area contributed by atoms with E-state index < -0.39 is 43.5 Å². The number of likely N-dealkylation sites (tertiary alicyclic amines) is 1. The number of nitrogens with one attached hydrogen (secondary N) is 1. The van der Waals surface area contributed by atoms with Crippen molar-refractivity contribution in [3.63, 3.8) is 0 Å². The molecule has 1 fully saturated rings. The minimum absolute atomic E-state index is 0.0609. The van der Waals surface area contributed by atoms with Gasteiger partial charge < -0.3 is 25.9 Å². The Morgan fingerprint density at radius 1 is 1.28 bits per heavy atom. The maximum absolute atomic E-state index is 13.5. The fraction of sp³-hybridized carbons (Fsp3) is 0.364. The average molecular weight is 549 g/mol. The molecule has 196 valence electrons. The summed E-state index contributed by atoms with van der Waals surface area (Å²) in [6.07, 6.45) is -1.87. The van der Waals surface area contributed by atoms with Crippen LogP contribution in [0.25, 0.3) is 0 Å². The lowest BCUT2D eigenvalue weighted by Crippen LogP contribution is -2.37. The van der Waals surface area contributed by atoms with E-state index in [4.69, 9.17) is 22.2 Å². The highest BCUT2D eigenvalue weighted by Crippen LogP contribution is 2.35. The molecular weight excluding hydrogens is 525 g/mol. The average Bonchev–Trinajstić information content (AvgIpc) is 2.81. The second-order valence-corrected chi connectivity index (χ2v) is 10.5. The van der Waals surface area contributed by atoms with Gasteiger partial charge in [0.1, 0.15) is 12.1 Å². The molecule has 0 bridgehead atoms. The second-order valence-electron chi connectivity index (χ2n) is 8.14. The van der Waals surface area contributed by atoms with Crippen LogP contribution < -0.4 is 15.9 Å². The summed E-state index contributed by atoms with van der Waals surface area (Å²) in [6, 6.07) is 7.70. The predicted octanol–water partition coefficient (Wildman–Crippen LogP) is 3.65. The Kier molecular flexibility index (Phi) is 8.56. The molecule has 1 aliphatic heterocycles. The number of anilines is 1. The van der Waals surface area contributed by atoms with Crippen molar-refractivity contribution in [2.24, 2.45) is 16.9 Å². The van der Waals surface area contributed by atoms with Crippen LogP contribution in [-0.2, 0) is 20.8 Å². The number of halogens is 4. The van der Waals surface area contributed by atoms with Crippen LogP contribution >= 0.6 is 11.6 Å². The molecule has 3 rings (SSSR count). The standard InChI is InChI=1S/C22H24ClF3N4O5S/c23-18-3-1-2-4-19(18)36(33,34)20(21(31)32)29-16-9-15(22(24,25)26)10-17(11-16)35-12-14-5-7-30(8-6-14)13-28-27/h1-4,9-11,13-14,20,29H,5-8,12,27H2,(H,31,32). The Hall–Kier alpha value is -3.19. The molecule has 14 heteroatoms. The van der Waals surface area contributed by atoms with E-state index in [0.717, 1.165) is 18.2 Å². The zero-order valence-corrected chi connectivity index (χ0v) is 20.4. The summed E-state index contributed by atoms with van der Waals surface area (Å²) in [5, 5.41) is 12.7. The summed E-state index contributed by atoms with van der Waals surface area (Å²) < 4.78 is 72.2. The number of nitrogens with zero attached hydrogens (tertiary/aromatic N) is 2. The fourth-order valence-electron chi connectivity index (χ4n) is 3.70. The van der Waals surface area contributed by atoms with E-state index in [2.05, 4.69) is 10.4 Å². The van der Waals surface area contributed by atoms with Gasteiger partial charge in [-0.15, -0.1) is 0 Å². The molecule has 0 aromatic heterocycles. The molecule has 9 nitrogen and oxygen atoms in total. The number of hydrazone groups is 1. The summed E-state index contributed by atoms with van der Waals surface area (Å²) in [6.45, 7) is 1.43. The third-order valence-electron chi connectivity index (χ3n) is 5.57. The number of carboxylic acids is 1. The first-order chi connectivity index (χ1) is 16.9. The molecular formula is C22H24ClF3N4O5S. The van der Waals surface area contributed by atoms with Crippen molar-refractivity contribution in [2.75, 3.05) is 25.0 Å². The highest BCUT2D eigenvalue weighted by molar-refractivity contribution is 7.93. The van der Waals surface area contributed by atoms with Gasteiger partial charge in [-0.05, 0) is 43.0 Å². The number of alkyl halides is 3. The third kappa shape index (κ3) is 6.72. The van der Waals surface area contributed by atoms with E-state index in [1.54, 1.807) is 0 Å². The van der Waals surface area contributed by atoms with Crippen LogP contribution in [0, 0.1) is 5.92 Å². The van der Waals surface area contributed by atoms with Crippen LogP contribution in [-0.4, -0.2) is 55.8 Å². The lowest BCUT2D eigenvalue weighted by atomic mass is 9.98. The van der Waals surface area contributed by atoms with Gasteiger partial charge in [0, 0.05) is 24.8 Å². The van der Waals surface area contributed by atoms with Crippen molar-refractivity contribution in [1.82, 2.24) is 4.90 Å². The van der Waals surface area contributed by atoms with Crippen molar-refractivity contribution < 1.29 is 36.2 Å². The number of hydrogen-bond acceptors (Lipinski definition) is 7. The number of ether oxygens (including phenoxy) is 1.